The second-order valence-electron chi connectivity index (χ2n) is 6.69. The smallest absolute Gasteiger partial charge is 0.241 e. The average Bonchev–Trinajstić information content (AvgIpc) is 2.72. The van der Waals surface area contributed by atoms with Gasteiger partial charge in [0, 0.05) is 6.54 Å². The standard InChI is InChI=1S/C21H28N2O4S/c1-4-16(2)20(21(24)22-15-14-17-8-6-5-7-9-17)23-28(25,26)19-12-10-18(27-3)11-13-19/h5-13,16,20,23H,4,14-15H2,1-3H3,(H,22,24). The van der Waals surface area contributed by atoms with Crippen molar-refractivity contribution in [3.05, 3.63) is 60.2 Å². The molecule has 6 nitrogen and oxygen atoms in total. The number of amides is 1. The van der Waals surface area contributed by atoms with Crippen LogP contribution in [0.15, 0.2) is 59.5 Å². The Balaban J connectivity index is 2.05. The van der Waals surface area contributed by atoms with Crippen molar-refractivity contribution in [3.63, 3.8) is 0 Å². The van der Waals surface area contributed by atoms with E-state index in [1.54, 1.807) is 12.1 Å². The molecule has 1 amide bonds. The van der Waals surface area contributed by atoms with Gasteiger partial charge in [0.15, 0.2) is 0 Å². The number of carbonyl (C=O) groups excluding carboxylic acids is 1. The van der Waals surface area contributed by atoms with Gasteiger partial charge in [-0.15, -0.1) is 0 Å². The molecule has 0 aliphatic rings. The summed E-state index contributed by atoms with van der Waals surface area (Å²) in [5.74, 6) is 0.100. The van der Waals surface area contributed by atoms with E-state index in [1.807, 2.05) is 44.2 Å². The zero-order valence-electron chi connectivity index (χ0n) is 16.5. The average molecular weight is 405 g/mol. The molecule has 0 spiro atoms. The molecule has 0 heterocycles. The Kier molecular flexibility index (Phi) is 8.02. The van der Waals surface area contributed by atoms with Gasteiger partial charge in [-0.25, -0.2) is 8.42 Å². The molecule has 2 aromatic carbocycles. The van der Waals surface area contributed by atoms with E-state index in [1.165, 1.54) is 19.2 Å². The number of hydrogen-bond donors (Lipinski definition) is 2. The zero-order chi connectivity index (χ0) is 20.6. The van der Waals surface area contributed by atoms with Crippen LogP contribution in [0.1, 0.15) is 25.8 Å². The predicted octanol–water partition coefficient (Wildman–Crippen LogP) is 2.75. The van der Waals surface area contributed by atoms with Crippen molar-refractivity contribution in [1.82, 2.24) is 10.0 Å². The minimum Gasteiger partial charge on any atom is -0.497 e. The number of rotatable bonds is 10. The van der Waals surface area contributed by atoms with Gasteiger partial charge in [0.2, 0.25) is 15.9 Å². The largest absolute Gasteiger partial charge is 0.497 e. The van der Waals surface area contributed by atoms with Crippen LogP contribution in [0.25, 0.3) is 0 Å². The number of hydrogen-bond acceptors (Lipinski definition) is 4. The topological polar surface area (TPSA) is 84.5 Å². The number of carbonyl (C=O) groups is 1. The highest BCUT2D eigenvalue weighted by molar-refractivity contribution is 7.89. The number of methoxy groups -OCH3 is 1. The third-order valence-electron chi connectivity index (χ3n) is 4.70. The molecule has 152 valence electrons. The first-order valence-corrected chi connectivity index (χ1v) is 10.8. The molecule has 2 rings (SSSR count). The Hall–Kier alpha value is -2.38. The molecule has 0 radical (unpaired) electrons. The minimum atomic E-state index is -3.83. The van der Waals surface area contributed by atoms with Crippen molar-refractivity contribution in [2.24, 2.45) is 5.92 Å². The maximum absolute atomic E-state index is 12.7. The van der Waals surface area contributed by atoms with Gasteiger partial charge in [-0.1, -0.05) is 50.6 Å². The summed E-state index contributed by atoms with van der Waals surface area (Å²) in [6, 6.07) is 15.0. The van der Waals surface area contributed by atoms with Crippen molar-refractivity contribution >= 4 is 15.9 Å². The lowest BCUT2D eigenvalue weighted by molar-refractivity contribution is -0.123. The lowest BCUT2D eigenvalue weighted by atomic mass is 9.99. The van der Waals surface area contributed by atoms with Gasteiger partial charge in [0.05, 0.1) is 12.0 Å². The fraction of sp³-hybridized carbons (Fsp3) is 0.381. The van der Waals surface area contributed by atoms with Crippen LogP contribution in [0.5, 0.6) is 5.75 Å². The van der Waals surface area contributed by atoms with Crippen LogP contribution in [0.2, 0.25) is 0 Å². The second kappa shape index (κ2) is 10.2. The summed E-state index contributed by atoms with van der Waals surface area (Å²) in [7, 11) is -2.31. The first kappa shape index (κ1) is 21.9. The van der Waals surface area contributed by atoms with Gasteiger partial charge < -0.3 is 10.1 Å². The van der Waals surface area contributed by atoms with Crippen molar-refractivity contribution in [1.29, 1.82) is 0 Å². The van der Waals surface area contributed by atoms with Gasteiger partial charge in [-0.05, 0) is 42.2 Å². The molecule has 0 aliphatic carbocycles. The minimum absolute atomic E-state index is 0.0960. The van der Waals surface area contributed by atoms with Crippen molar-refractivity contribution in [2.75, 3.05) is 13.7 Å². The maximum Gasteiger partial charge on any atom is 0.241 e. The monoisotopic (exact) mass is 404 g/mol. The summed E-state index contributed by atoms with van der Waals surface area (Å²) in [5, 5.41) is 2.85. The first-order chi connectivity index (χ1) is 13.4. The molecule has 0 aliphatic heterocycles. The second-order valence-corrected chi connectivity index (χ2v) is 8.40. The summed E-state index contributed by atoms with van der Waals surface area (Å²) < 4.78 is 33.1. The predicted molar refractivity (Wildman–Crippen MR) is 110 cm³/mol. The number of sulfonamides is 1. The molecule has 28 heavy (non-hydrogen) atoms. The number of nitrogens with one attached hydrogen (secondary N) is 2. The Bertz CT molecular complexity index is 852. The van der Waals surface area contributed by atoms with Crippen LogP contribution in [0.4, 0.5) is 0 Å². The summed E-state index contributed by atoms with van der Waals surface area (Å²) in [6.45, 7) is 4.23. The molecule has 2 aromatic rings. The van der Waals surface area contributed by atoms with Gasteiger partial charge in [-0.3, -0.25) is 4.79 Å². The van der Waals surface area contributed by atoms with E-state index in [9.17, 15) is 13.2 Å². The van der Waals surface area contributed by atoms with E-state index >= 15 is 0 Å². The molecule has 2 N–H and O–H groups in total. The van der Waals surface area contributed by atoms with E-state index in [2.05, 4.69) is 10.0 Å². The van der Waals surface area contributed by atoms with E-state index in [0.717, 1.165) is 5.56 Å². The highest BCUT2D eigenvalue weighted by Gasteiger charge is 2.29. The fourth-order valence-electron chi connectivity index (χ4n) is 2.74. The highest BCUT2D eigenvalue weighted by Crippen LogP contribution is 2.17. The fourth-order valence-corrected chi connectivity index (χ4v) is 4.04. The Morgan fingerprint density at radius 3 is 2.29 bits per heavy atom. The molecule has 2 atom stereocenters. The molecule has 0 bridgehead atoms. The Morgan fingerprint density at radius 2 is 1.71 bits per heavy atom. The van der Waals surface area contributed by atoms with Gasteiger partial charge in [-0.2, -0.15) is 4.72 Å². The van der Waals surface area contributed by atoms with Crippen LogP contribution in [0, 0.1) is 5.92 Å². The highest BCUT2D eigenvalue weighted by atomic mass is 32.2. The quantitative estimate of drug-likeness (QED) is 0.638. The summed E-state index contributed by atoms with van der Waals surface area (Å²) in [5.41, 5.74) is 1.11. The number of benzene rings is 2. The SMILES string of the molecule is CCC(C)C(NS(=O)(=O)c1ccc(OC)cc1)C(=O)NCCc1ccccc1. The number of ether oxygens (including phenoxy) is 1. The van der Waals surface area contributed by atoms with Crippen LogP contribution < -0.4 is 14.8 Å². The van der Waals surface area contributed by atoms with E-state index in [-0.39, 0.29) is 16.7 Å². The summed E-state index contributed by atoms with van der Waals surface area (Å²) in [4.78, 5) is 12.8. The van der Waals surface area contributed by atoms with Crippen LogP contribution in [-0.4, -0.2) is 34.0 Å². The maximum atomic E-state index is 12.7. The molecule has 0 fully saturated rings. The molecule has 0 aromatic heterocycles. The van der Waals surface area contributed by atoms with Crippen molar-refractivity contribution in [2.45, 2.75) is 37.6 Å². The lowest BCUT2D eigenvalue weighted by Gasteiger charge is -2.23. The van der Waals surface area contributed by atoms with Gasteiger partial charge in [0.1, 0.15) is 11.8 Å². The third-order valence-corrected chi connectivity index (χ3v) is 6.16. The first-order valence-electron chi connectivity index (χ1n) is 9.35. The molecule has 2 unspecified atom stereocenters. The van der Waals surface area contributed by atoms with Crippen LogP contribution in [-0.2, 0) is 21.2 Å². The van der Waals surface area contributed by atoms with Gasteiger partial charge in [0.25, 0.3) is 0 Å². The van der Waals surface area contributed by atoms with Crippen molar-refractivity contribution in [3.8, 4) is 5.75 Å². The van der Waals surface area contributed by atoms with Crippen LogP contribution >= 0.6 is 0 Å². The molecule has 0 saturated heterocycles. The molecular formula is C21H28N2O4S. The normalized spacial score (nSPS) is 13.5. The molecular weight excluding hydrogens is 376 g/mol. The summed E-state index contributed by atoms with van der Waals surface area (Å²) >= 11 is 0. The van der Waals surface area contributed by atoms with E-state index in [0.29, 0.717) is 25.1 Å². The zero-order valence-corrected chi connectivity index (χ0v) is 17.3. The van der Waals surface area contributed by atoms with E-state index < -0.39 is 16.1 Å². The summed E-state index contributed by atoms with van der Waals surface area (Å²) in [6.07, 6.45) is 1.35. The Morgan fingerprint density at radius 1 is 1.07 bits per heavy atom. The van der Waals surface area contributed by atoms with Crippen molar-refractivity contribution < 1.29 is 17.9 Å². The molecule has 7 heteroatoms. The van der Waals surface area contributed by atoms with E-state index in [4.69, 9.17) is 4.74 Å². The molecule has 0 saturated carbocycles. The third kappa shape index (κ3) is 6.07. The Labute approximate surface area is 167 Å². The van der Waals surface area contributed by atoms with Gasteiger partial charge >= 0.3 is 0 Å². The van der Waals surface area contributed by atoms with Crippen LogP contribution in [0.3, 0.4) is 0 Å². The lowest BCUT2D eigenvalue weighted by Crippen LogP contribution is -2.50.